The molecule has 4 rings (SSSR count). The van der Waals surface area contributed by atoms with Crippen molar-refractivity contribution in [3.05, 3.63) is 75.5 Å². The molecule has 2 aromatic carbocycles. The summed E-state index contributed by atoms with van der Waals surface area (Å²) in [6.45, 7) is 0.493. The van der Waals surface area contributed by atoms with Crippen LogP contribution in [0.2, 0.25) is 10.0 Å². The quantitative estimate of drug-likeness (QED) is 0.701. The molecule has 0 bridgehead atoms. The molecule has 1 aliphatic rings. The smallest absolute Gasteiger partial charge is 0.340 e. The van der Waals surface area contributed by atoms with E-state index in [4.69, 9.17) is 27.9 Å². The van der Waals surface area contributed by atoms with Crippen molar-refractivity contribution in [2.45, 2.75) is 12.8 Å². The molecule has 1 unspecified atom stereocenters. The van der Waals surface area contributed by atoms with Gasteiger partial charge < -0.3 is 10.1 Å². The summed E-state index contributed by atoms with van der Waals surface area (Å²) in [6.07, 6.45) is 0.998. The van der Waals surface area contributed by atoms with Gasteiger partial charge in [0.2, 0.25) is 12.2 Å². The predicted molar refractivity (Wildman–Crippen MR) is 93.8 cm³/mol. The van der Waals surface area contributed by atoms with E-state index < -0.39 is 6.23 Å². The van der Waals surface area contributed by atoms with Gasteiger partial charge in [-0.15, -0.1) is 5.10 Å². The summed E-state index contributed by atoms with van der Waals surface area (Å²) < 4.78 is 6.98. The monoisotopic (exact) mass is 374 g/mol. The van der Waals surface area contributed by atoms with Gasteiger partial charge >= 0.3 is 5.97 Å². The maximum Gasteiger partial charge on any atom is 0.340 e. The Balaban J connectivity index is 1.49. The first-order valence-corrected chi connectivity index (χ1v) is 8.25. The number of benzene rings is 2. The summed E-state index contributed by atoms with van der Waals surface area (Å²) in [5, 5.41) is 8.37. The van der Waals surface area contributed by atoms with Crippen molar-refractivity contribution in [2.75, 3.05) is 5.32 Å². The van der Waals surface area contributed by atoms with Gasteiger partial charge in [0, 0.05) is 5.56 Å². The fraction of sp³-hybridized carbons (Fsp3) is 0.118. The molecule has 0 saturated carbocycles. The SMILES string of the molecule is O=C1OC(Nc2ncn(Cc3ccc(Cl)c(Cl)c3)n2)c2ccccc21. The molecular weight excluding hydrogens is 363 g/mol. The number of esters is 1. The molecule has 6 nitrogen and oxygen atoms in total. The maximum atomic E-state index is 11.8. The van der Waals surface area contributed by atoms with Crippen molar-refractivity contribution in [1.82, 2.24) is 14.8 Å². The number of ether oxygens (including phenoxy) is 1. The number of hydrogen-bond donors (Lipinski definition) is 1. The molecule has 3 aromatic rings. The average Bonchev–Trinajstić information content (AvgIpc) is 3.17. The Morgan fingerprint density at radius 1 is 1.16 bits per heavy atom. The summed E-state index contributed by atoms with van der Waals surface area (Å²) in [5.41, 5.74) is 2.27. The highest BCUT2D eigenvalue weighted by molar-refractivity contribution is 6.42. The van der Waals surface area contributed by atoms with Gasteiger partial charge in [-0.1, -0.05) is 47.5 Å². The van der Waals surface area contributed by atoms with Crippen LogP contribution in [-0.2, 0) is 11.3 Å². The van der Waals surface area contributed by atoms with Gasteiger partial charge in [-0.05, 0) is 23.8 Å². The molecule has 0 aliphatic carbocycles. The molecule has 0 saturated heterocycles. The van der Waals surface area contributed by atoms with E-state index in [0.29, 0.717) is 28.1 Å². The largest absolute Gasteiger partial charge is 0.434 e. The number of nitrogens with one attached hydrogen (secondary N) is 1. The van der Waals surface area contributed by atoms with Crippen LogP contribution in [0.25, 0.3) is 0 Å². The van der Waals surface area contributed by atoms with Gasteiger partial charge in [-0.25, -0.2) is 14.5 Å². The summed E-state index contributed by atoms with van der Waals surface area (Å²) in [6, 6.07) is 12.6. The van der Waals surface area contributed by atoms with Gasteiger partial charge in [0.15, 0.2) is 0 Å². The van der Waals surface area contributed by atoms with Crippen LogP contribution in [0.5, 0.6) is 0 Å². The molecule has 1 atom stereocenters. The number of rotatable bonds is 4. The zero-order valence-corrected chi connectivity index (χ0v) is 14.3. The number of fused-ring (bicyclic) bond motifs is 1. The van der Waals surface area contributed by atoms with E-state index in [9.17, 15) is 4.79 Å². The Kier molecular flexibility index (Phi) is 4.07. The number of cyclic esters (lactones) is 1. The lowest BCUT2D eigenvalue weighted by Gasteiger charge is -2.10. The van der Waals surface area contributed by atoms with Crippen LogP contribution in [0.3, 0.4) is 0 Å². The third-order valence-electron chi connectivity index (χ3n) is 3.81. The van der Waals surface area contributed by atoms with Crippen molar-refractivity contribution < 1.29 is 9.53 Å². The minimum Gasteiger partial charge on any atom is -0.434 e. The van der Waals surface area contributed by atoms with Crippen molar-refractivity contribution in [3.63, 3.8) is 0 Å². The summed E-state index contributed by atoms with van der Waals surface area (Å²) in [4.78, 5) is 16.0. The van der Waals surface area contributed by atoms with E-state index in [1.807, 2.05) is 18.2 Å². The average molecular weight is 375 g/mol. The van der Waals surface area contributed by atoms with Crippen LogP contribution in [0.4, 0.5) is 5.95 Å². The summed E-state index contributed by atoms with van der Waals surface area (Å²) in [7, 11) is 0. The van der Waals surface area contributed by atoms with E-state index in [-0.39, 0.29) is 5.97 Å². The minimum absolute atomic E-state index is 0.358. The van der Waals surface area contributed by atoms with Gasteiger partial charge in [0.05, 0.1) is 22.2 Å². The van der Waals surface area contributed by atoms with Gasteiger partial charge in [0.25, 0.3) is 0 Å². The minimum atomic E-state index is -0.593. The number of carbonyl (C=O) groups excluding carboxylic acids is 1. The van der Waals surface area contributed by atoms with E-state index in [2.05, 4.69) is 15.4 Å². The topological polar surface area (TPSA) is 69.0 Å². The van der Waals surface area contributed by atoms with Crippen LogP contribution < -0.4 is 5.32 Å². The first-order valence-electron chi connectivity index (χ1n) is 7.50. The lowest BCUT2D eigenvalue weighted by atomic mass is 10.1. The fourth-order valence-electron chi connectivity index (χ4n) is 2.63. The normalized spacial score (nSPS) is 15.8. The van der Waals surface area contributed by atoms with E-state index in [1.54, 1.807) is 35.3 Å². The molecule has 1 aliphatic heterocycles. The molecule has 8 heteroatoms. The highest BCUT2D eigenvalue weighted by Gasteiger charge is 2.31. The number of hydrogen-bond acceptors (Lipinski definition) is 5. The standard InChI is InChI=1S/C17H12Cl2N4O2/c18-13-6-5-10(7-14(13)19)8-23-9-20-17(22-23)21-15-11-3-1-2-4-12(11)16(24)25-15/h1-7,9,15H,8H2,(H,21,22). The van der Waals surface area contributed by atoms with Gasteiger partial charge in [-0.3, -0.25) is 0 Å². The maximum absolute atomic E-state index is 11.8. The van der Waals surface area contributed by atoms with Crippen LogP contribution in [0.1, 0.15) is 27.7 Å². The van der Waals surface area contributed by atoms with Crippen LogP contribution in [-0.4, -0.2) is 20.7 Å². The molecule has 0 spiro atoms. The highest BCUT2D eigenvalue weighted by Crippen LogP contribution is 2.30. The Hall–Kier alpha value is -2.57. The number of aromatic nitrogens is 3. The Bertz CT molecular complexity index is 957. The zero-order chi connectivity index (χ0) is 17.4. The van der Waals surface area contributed by atoms with Crippen molar-refractivity contribution >= 4 is 35.1 Å². The second kappa shape index (κ2) is 6.38. The third-order valence-corrected chi connectivity index (χ3v) is 4.55. The van der Waals surface area contributed by atoms with Crippen LogP contribution in [0, 0.1) is 0 Å². The molecule has 2 heterocycles. The molecule has 126 valence electrons. The molecule has 0 amide bonds. The van der Waals surface area contributed by atoms with E-state index >= 15 is 0 Å². The Labute approximate surface area is 153 Å². The zero-order valence-electron chi connectivity index (χ0n) is 12.8. The summed E-state index contributed by atoms with van der Waals surface area (Å²) in [5.74, 6) is 0.0119. The summed E-state index contributed by atoms with van der Waals surface area (Å²) >= 11 is 11.9. The van der Waals surface area contributed by atoms with Gasteiger partial charge in [0.1, 0.15) is 6.33 Å². The molecule has 0 radical (unpaired) electrons. The number of nitrogens with zero attached hydrogens (tertiary/aromatic N) is 3. The van der Waals surface area contributed by atoms with Crippen molar-refractivity contribution in [2.24, 2.45) is 0 Å². The molecule has 0 fully saturated rings. The lowest BCUT2D eigenvalue weighted by Crippen LogP contribution is -2.12. The second-order valence-electron chi connectivity index (χ2n) is 5.53. The highest BCUT2D eigenvalue weighted by atomic mass is 35.5. The predicted octanol–water partition coefficient (Wildman–Crippen LogP) is 3.91. The number of halogens is 2. The third kappa shape index (κ3) is 3.18. The van der Waals surface area contributed by atoms with Gasteiger partial charge in [-0.2, -0.15) is 0 Å². The lowest BCUT2D eigenvalue weighted by molar-refractivity contribution is 0.0436. The Morgan fingerprint density at radius 2 is 2.00 bits per heavy atom. The van der Waals surface area contributed by atoms with Crippen LogP contribution >= 0.6 is 23.2 Å². The number of anilines is 1. The molecule has 25 heavy (non-hydrogen) atoms. The van der Waals surface area contributed by atoms with E-state index in [0.717, 1.165) is 11.1 Å². The second-order valence-corrected chi connectivity index (χ2v) is 6.35. The van der Waals surface area contributed by atoms with Crippen molar-refractivity contribution in [3.8, 4) is 0 Å². The van der Waals surface area contributed by atoms with Crippen molar-refractivity contribution in [1.29, 1.82) is 0 Å². The molecular formula is C17H12Cl2N4O2. The Morgan fingerprint density at radius 3 is 2.84 bits per heavy atom. The van der Waals surface area contributed by atoms with Crippen LogP contribution in [0.15, 0.2) is 48.8 Å². The first kappa shape index (κ1) is 15.9. The molecule has 1 aromatic heterocycles. The molecule has 1 N–H and O–H groups in total. The number of carbonyl (C=O) groups is 1. The fourth-order valence-corrected chi connectivity index (χ4v) is 2.95. The van der Waals surface area contributed by atoms with E-state index in [1.165, 1.54) is 0 Å². The first-order chi connectivity index (χ1) is 12.1.